The summed E-state index contributed by atoms with van der Waals surface area (Å²) < 4.78 is 22.1. The minimum absolute atomic E-state index is 0.0170. The fourth-order valence-electron chi connectivity index (χ4n) is 7.85. The van der Waals surface area contributed by atoms with Crippen molar-refractivity contribution in [2.24, 2.45) is 35.6 Å². The Morgan fingerprint density at radius 3 is 2.73 bits per heavy atom. The number of carbonyl (C=O) groups excluding carboxylic acids is 3. The van der Waals surface area contributed by atoms with Gasteiger partial charge in [0.15, 0.2) is 17.0 Å². The van der Waals surface area contributed by atoms with Gasteiger partial charge in [0.05, 0.1) is 17.1 Å². The fourth-order valence-corrected chi connectivity index (χ4v) is 7.85. The van der Waals surface area contributed by atoms with E-state index in [1.165, 1.54) is 16.2 Å². The fraction of sp³-hybridized carbons (Fsp3) is 0.357. The van der Waals surface area contributed by atoms with Crippen LogP contribution in [0, 0.1) is 34.4 Å². The zero-order valence-corrected chi connectivity index (χ0v) is 22.0. The Kier molecular flexibility index (Phi) is 4.50. The molecule has 3 fully saturated rings. The number of aromatic nitrogens is 4. The lowest BCUT2D eigenvalue weighted by Gasteiger charge is -2.89. The maximum Gasteiger partial charge on any atom is 0.419 e. The minimum Gasteiger partial charge on any atom is -0.408 e. The highest BCUT2D eigenvalue weighted by molar-refractivity contribution is 5.98. The number of rotatable bonds is 7. The second kappa shape index (κ2) is 7.68. The van der Waals surface area contributed by atoms with Crippen molar-refractivity contribution in [3.05, 3.63) is 75.4 Å². The number of nitrogens with one attached hydrogen (secondary N) is 3. The molecule has 0 spiro atoms. The van der Waals surface area contributed by atoms with Gasteiger partial charge in [-0.05, 0) is 41.9 Å². The summed E-state index contributed by atoms with van der Waals surface area (Å²) in [6.45, 7) is 0.488. The van der Waals surface area contributed by atoms with E-state index in [0.717, 1.165) is 17.1 Å². The summed E-state index contributed by atoms with van der Waals surface area (Å²) >= 11 is 0. The summed E-state index contributed by atoms with van der Waals surface area (Å²) in [4.78, 5) is 54.7. The molecule has 3 saturated carbocycles. The van der Waals surface area contributed by atoms with E-state index in [9.17, 15) is 23.6 Å². The maximum atomic E-state index is 14.5. The molecule has 8 rings (SSSR count). The Morgan fingerprint density at radius 1 is 1.20 bits per heavy atom. The number of hydrogen-bond acceptors (Lipinski definition) is 7. The van der Waals surface area contributed by atoms with Crippen LogP contribution in [0.3, 0.4) is 0 Å². The normalized spacial score (nSPS) is 28.0. The van der Waals surface area contributed by atoms with Crippen LogP contribution in [0.4, 0.5) is 4.39 Å². The van der Waals surface area contributed by atoms with Crippen molar-refractivity contribution in [2.75, 3.05) is 13.6 Å². The predicted octanol–water partition coefficient (Wildman–Crippen LogP) is 0.911. The first-order valence-electron chi connectivity index (χ1n) is 13.3. The lowest BCUT2D eigenvalue weighted by Crippen LogP contribution is -2.88. The molecule has 41 heavy (non-hydrogen) atoms. The number of carbonyl (C=O) groups is 3. The Labute approximate surface area is 230 Å². The van der Waals surface area contributed by atoms with E-state index in [4.69, 9.17) is 4.42 Å². The quantitative estimate of drug-likeness (QED) is 0.286. The van der Waals surface area contributed by atoms with Gasteiger partial charge in [0.25, 0.3) is 11.8 Å². The molecule has 13 heteroatoms. The van der Waals surface area contributed by atoms with E-state index >= 15 is 0 Å². The molecule has 4 aliphatic carbocycles. The Morgan fingerprint density at radius 2 is 2.02 bits per heavy atom. The standard InChI is InChI=1S/C28H24FN7O5/c1-30-25(39)28-8-13-21(28)20-14(28)7-27(13,20)11-32-24(38)18-6-16(34-22-15(29)10-33-36(18)22)23(37)31-9-12-3-4-19-17(5-12)35(2)26(40)41-19/h3-7,10,13,20-21H,8-9,11H2,1-2H3,(H,30,39)(H,31,37)(H,32,38). The molecule has 5 unspecified atom stereocenters. The smallest absolute Gasteiger partial charge is 0.408 e. The van der Waals surface area contributed by atoms with E-state index in [-0.39, 0.29) is 40.3 Å². The first-order valence-corrected chi connectivity index (χ1v) is 13.3. The number of aryl methyl sites for hydroxylation is 1. The van der Waals surface area contributed by atoms with Crippen LogP contribution in [0.1, 0.15) is 33.0 Å². The molecule has 208 valence electrons. The summed E-state index contributed by atoms with van der Waals surface area (Å²) in [5.74, 6) is -1.26. The summed E-state index contributed by atoms with van der Waals surface area (Å²) in [5, 5.41) is 12.4. The van der Waals surface area contributed by atoms with Gasteiger partial charge in [0, 0.05) is 38.7 Å². The first kappa shape index (κ1) is 24.0. The van der Waals surface area contributed by atoms with Crippen LogP contribution in [-0.4, -0.2) is 50.5 Å². The molecule has 5 atom stereocenters. The maximum absolute atomic E-state index is 14.5. The van der Waals surface area contributed by atoms with Crippen molar-refractivity contribution in [3.8, 4) is 0 Å². The highest BCUT2D eigenvalue weighted by Crippen LogP contribution is 2.91. The average Bonchev–Trinajstić information content (AvgIpc) is 3.49. The second-order valence-electron chi connectivity index (χ2n) is 11.4. The van der Waals surface area contributed by atoms with Gasteiger partial charge in [-0.15, -0.1) is 0 Å². The van der Waals surface area contributed by atoms with E-state index in [1.807, 2.05) is 0 Å². The van der Waals surface area contributed by atoms with Crippen molar-refractivity contribution in [1.82, 2.24) is 35.1 Å². The third-order valence-electron chi connectivity index (χ3n) is 9.84. The number of benzene rings is 1. The van der Waals surface area contributed by atoms with Gasteiger partial charge >= 0.3 is 5.76 Å². The zero-order valence-electron chi connectivity index (χ0n) is 22.0. The topological polar surface area (TPSA) is 153 Å². The van der Waals surface area contributed by atoms with Gasteiger partial charge in [0.2, 0.25) is 5.91 Å². The van der Waals surface area contributed by atoms with Gasteiger partial charge in [-0.1, -0.05) is 17.7 Å². The first-order chi connectivity index (χ1) is 19.7. The van der Waals surface area contributed by atoms with E-state index in [0.29, 0.717) is 41.0 Å². The number of hydrogen-bond donors (Lipinski definition) is 3. The summed E-state index contributed by atoms with van der Waals surface area (Å²) in [6.07, 6.45) is 3.89. The van der Waals surface area contributed by atoms with Crippen LogP contribution in [0.2, 0.25) is 0 Å². The van der Waals surface area contributed by atoms with Crippen molar-refractivity contribution >= 4 is 34.5 Å². The molecule has 3 amide bonds. The molecule has 0 bridgehead atoms. The van der Waals surface area contributed by atoms with Gasteiger partial charge in [-0.2, -0.15) is 5.10 Å². The van der Waals surface area contributed by atoms with Crippen LogP contribution in [0.25, 0.3) is 16.7 Å². The summed E-state index contributed by atoms with van der Waals surface area (Å²) in [5.41, 5.74) is 2.03. The summed E-state index contributed by atoms with van der Waals surface area (Å²) in [7, 11) is 3.25. The SMILES string of the molecule is CNC(=O)C12CC3C1C1C2=CC31CNC(=O)c1cc(C(=O)NCc2ccc3oc(=O)n(C)c3c2)nc2c(F)cnn12. The number of amides is 3. The molecule has 0 aliphatic heterocycles. The molecule has 3 N–H and O–H groups in total. The van der Waals surface area contributed by atoms with Gasteiger partial charge in [0.1, 0.15) is 11.4 Å². The van der Waals surface area contributed by atoms with E-state index < -0.39 is 23.4 Å². The highest BCUT2D eigenvalue weighted by atomic mass is 19.1. The number of nitrogens with zero attached hydrogens (tertiary/aromatic N) is 4. The number of fused-ring (bicyclic) bond motifs is 4. The average molecular weight is 558 g/mol. The highest BCUT2D eigenvalue weighted by Gasteiger charge is 2.90. The molecular weight excluding hydrogens is 533 g/mol. The van der Waals surface area contributed by atoms with E-state index in [1.54, 1.807) is 32.3 Å². The van der Waals surface area contributed by atoms with Crippen molar-refractivity contribution in [2.45, 2.75) is 13.0 Å². The Bertz CT molecular complexity index is 1970. The lowest BCUT2D eigenvalue weighted by atomic mass is 9.14. The van der Waals surface area contributed by atoms with Crippen LogP contribution < -0.4 is 21.7 Å². The van der Waals surface area contributed by atoms with Crippen molar-refractivity contribution in [1.29, 1.82) is 0 Å². The van der Waals surface area contributed by atoms with Crippen LogP contribution in [0.15, 0.2) is 51.3 Å². The predicted molar refractivity (Wildman–Crippen MR) is 140 cm³/mol. The number of oxazole rings is 1. The largest absolute Gasteiger partial charge is 0.419 e. The van der Waals surface area contributed by atoms with Crippen LogP contribution in [0.5, 0.6) is 0 Å². The molecule has 3 heterocycles. The molecule has 4 aromatic rings. The third-order valence-corrected chi connectivity index (χ3v) is 9.84. The van der Waals surface area contributed by atoms with Crippen LogP contribution >= 0.6 is 0 Å². The lowest BCUT2D eigenvalue weighted by molar-refractivity contribution is -0.305. The molecule has 3 aromatic heterocycles. The summed E-state index contributed by atoms with van der Waals surface area (Å²) in [6, 6.07) is 6.37. The molecule has 4 aliphatic rings. The molecule has 0 radical (unpaired) electrons. The molecule has 0 saturated heterocycles. The second-order valence-corrected chi connectivity index (χ2v) is 11.4. The van der Waals surface area contributed by atoms with Gasteiger partial charge < -0.3 is 20.4 Å². The number of halogens is 1. The van der Waals surface area contributed by atoms with Gasteiger partial charge in [-0.25, -0.2) is 18.7 Å². The van der Waals surface area contributed by atoms with Crippen molar-refractivity contribution in [3.63, 3.8) is 0 Å². The Balaban J connectivity index is 1.01. The Hall–Kier alpha value is -4.81. The van der Waals surface area contributed by atoms with Crippen molar-refractivity contribution < 1.29 is 23.2 Å². The molecule has 12 nitrogen and oxygen atoms in total. The third kappa shape index (κ3) is 2.78. The molecular formula is C28H24FN7O5. The zero-order chi connectivity index (χ0) is 28.4. The van der Waals surface area contributed by atoms with E-state index in [2.05, 4.69) is 32.1 Å². The van der Waals surface area contributed by atoms with Crippen LogP contribution in [-0.2, 0) is 18.4 Å². The monoisotopic (exact) mass is 557 g/mol. The molecule has 1 aromatic carbocycles. The van der Waals surface area contributed by atoms with Gasteiger partial charge in [-0.3, -0.25) is 19.0 Å². The minimum atomic E-state index is -0.763.